The first-order chi connectivity index (χ1) is 17.1. The minimum Gasteiger partial charge on any atom is -0.357 e. The van der Waals surface area contributed by atoms with E-state index in [0.29, 0.717) is 11.3 Å². The minimum atomic E-state index is -3.82. The number of anilines is 1. The van der Waals surface area contributed by atoms with Crippen LogP contribution in [-0.2, 0) is 32.6 Å². The van der Waals surface area contributed by atoms with Gasteiger partial charge in [0.25, 0.3) is 0 Å². The number of carbonyl (C=O) groups excluding carboxylic acids is 2. The number of nitrogens with one attached hydrogen (secondary N) is 1. The summed E-state index contributed by atoms with van der Waals surface area (Å²) in [4.78, 5) is 28.1. The monoisotopic (exact) mass is 511 g/mol. The predicted octanol–water partition coefficient (Wildman–Crippen LogP) is 3.29. The Hall–Kier alpha value is -3.72. The Morgan fingerprint density at radius 3 is 2.19 bits per heavy atom. The third kappa shape index (κ3) is 7.14. The van der Waals surface area contributed by atoms with Crippen LogP contribution in [0.3, 0.4) is 0 Å². The number of rotatable bonds is 10. The van der Waals surface area contributed by atoms with Crippen molar-refractivity contribution in [2.24, 2.45) is 0 Å². The van der Waals surface area contributed by atoms with E-state index >= 15 is 0 Å². The fraction of sp³-hybridized carbons (Fsp3) is 0.259. The number of amides is 2. The van der Waals surface area contributed by atoms with Gasteiger partial charge in [0.1, 0.15) is 18.4 Å². The van der Waals surface area contributed by atoms with Crippen LogP contribution < -0.4 is 9.62 Å². The van der Waals surface area contributed by atoms with Crippen LogP contribution in [0.15, 0.2) is 78.9 Å². The smallest absolute Gasteiger partial charge is 0.244 e. The quantitative estimate of drug-likeness (QED) is 0.453. The molecule has 7 nitrogen and oxygen atoms in total. The number of likely N-dealkylation sites (N-methyl/N-ethyl adjacent to an activating group) is 1. The average molecular weight is 512 g/mol. The van der Waals surface area contributed by atoms with Crippen LogP contribution in [0.25, 0.3) is 0 Å². The molecule has 3 aromatic rings. The Morgan fingerprint density at radius 1 is 0.944 bits per heavy atom. The van der Waals surface area contributed by atoms with E-state index in [1.54, 1.807) is 18.2 Å². The van der Waals surface area contributed by atoms with Gasteiger partial charge in [-0.15, -0.1) is 0 Å². The highest BCUT2D eigenvalue weighted by atomic mass is 32.2. The van der Waals surface area contributed by atoms with Crippen molar-refractivity contribution in [1.82, 2.24) is 10.2 Å². The average Bonchev–Trinajstić information content (AvgIpc) is 2.85. The first-order valence-corrected chi connectivity index (χ1v) is 13.3. The SMILES string of the molecule is CNC(=O)C(Cc1ccccc1)N(Cc1ccc(F)cc1)C(=O)CN(c1cccc(C)c1)S(C)(=O)=O. The van der Waals surface area contributed by atoms with E-state index in [4.69, 9.17) is 0 Å². The van der Waals surface area contributed by atoms with Crippen LogP contribution in [0.5, 0.6) is 0 Å². The molecule has 3 rings (SSSR count). The summed E-state index contributed by atoms with van der Waals surface area (Å²) < 4.78 is 39.9. The molecule has 9 heteroatoms. The molecule has 0 heterocycles. The van der Waals surface area contributed by atoms with Gasteiger partial charge in [-0.05, 0) is 47.9 Å². The van der Waals surface area contributed by atoms with Crippen molar-refractivity contribution in [2.45, 2.75) is 25.9 Å². The summed E-state index contributed by atoms with van der Waals surface area (Å²) in [5, 5.41) is 2.61. The summed E-state index contributed by atoms with van der Waals surface area (Å²) in [6.07, 6.45) is 1.25. The van der Waals surface area contributed by atoms with Crippen molar-refractivity contribution in [3.05, 3.63) is 101 Å². The van der Waals surface area contributed by atoms with Crippen LogP contribution in [0, 0.1) is 12.7 Å². The van der Waals surface area contributed by atoms with Gasteiger partial charge >= 0.3 is 0 Å². The molecule has 0 aliphatic rings. The van der Waals surface area contributed by atoms with E-state index in [2.05, 4.69) is 5.32 Å². The Kier molecular flexibility index (Phi) is 8.82. The molecule has 0 saturated heterocycles. The van der Waals surface area contributed by atoms with Crippen LogP contribution in [0.4, 0.5) is 10.1 Å². The predicted molar refractivity (Wildman–Crippen MR) is 138 cm³/mol. The highest BCUT2D eigenvalue weighted by Crippen LogP contribution is 2.21. The zero-order valence-electron chi connectivity index (χ0n) is 20.5. The van der Waals surface area contributed by atoms with E-state index in [9.17, 15) is 22.4 Å². The molecule has 3 aromatic carbocycles. The Morgan fingerprint density at radius 2 is 1.61 bits per heavy atom. The largest absolute Gasteiger partial charge is 0.357 e. The maximum absolute atomic E-state index is 13.7. The van der Waals surface area contributed by atoms with Gasteiger partial charge in [-0.1, -0.05) is 54.6 Å². The molecule has 0 fully saturated rings. The number of carbonyl (C=O) groups is 2. The molecule has 190 valence electrons. The van der Waals surface area contributed by atoms with Crippen LogP contribution in [0.1, 0.15) is 16.7 Å². The van der Waals surface area contributed by atoms with E-state index in [1.807, 2.05) is 43.3 Å². The number of hydrogen-bond acceptors (Lipinski definition) is 4. The molecule has 0 spiro atoms. The summed E-state index contributed by atoms with van der Waals surface area (Å²) in [5.41, 5.74) is 2.63. The molecular weight excluding hydrogens is 481 g/mol. The Labute approximate surface area is 211 Å². The van der Waals surface area contributed by atoms with Crippen molar-refractivity contribution in [3.63, 3.8) is 0 Å². The highest BCUT2D eigenvalue weighted by molar-refractivity contribution is 7.92. The highest BCUT2D eigenvalue weighted by Gasteiger charge is 2.32. The fourth-order valence-electron chi connectivity index (χ4n) is 3.90. The normalized spacial score (nSPS) is 12.0. The van der Waals surface area contributed by atoms with E-state index in [0.717, 1.165) is 21.7 Å². The van der Waals surface area contributed by atoms with Gasteiger partial charge < -0.3 is 10.2 Å². The molecule has 0 aliphatic carbocycles. The third-order valence-electron chi connectivity index (χ3n) is 5.75. The number of sulfonamides is 1. The second-order valence-electron chi connectivity index (χ2n) is 8.58. The number of hydrogen-bond donors (Lipinski definition) is 1. The molecule has 0 radical (unpaired) electrons. The van der Waals surface area contributed by atoms with E-state index in [-0.39, 0.29) is 13.0 Å². The van der Waals surface area contributed by atoms with Crippen LogP contribution >= 0.6 is 0 Å². The number of nitrogens with zero attached hydrogens (tertiary/aromatic N) is 2. The van der Waals surface area contributed by atoms with Gasteiger partial charge in [0.05, 0.1) is 11.9 Å². The fourth-order valence-corrected chi connectivity index (χ4v) is 4.75. The van der Waals surface area contributed by atoms with E-state index < -0.39 is 40.2 Å². The van der Waals surface area contributed by atoms with Crippen molar-refractivity contribution >= 4 is 27.5 Å². The second kappa shape index (κ2) is 11.8. The topological polar surface area (TPSA) is 86.8 Å². The number of halogens is 1. The first-order valence-electron chi connectivity index (χ1n) is 11.4. The first kappa shape index (κ1) is 26.9. The van der Waals surface area contributed by atoms with Crippen molar-refractivity contribution < 1.29 is 22.4 Å². The Bertz CT molecular complexity index is 1300. The van der Waals surface area contributed by atoms with Crippen LogP contribution in [0.2, 0.25) is 0 Å². The molecule has 0 saturated carbocycles. The van der Waals surface area contributed by atoms with Gasteiger partial charge in [0.2, 0.25) is 21.8 Å². The number of aryl methyl sites for hydroxylation is 1. The number of benzene rings is 3. The summed E-state index contributed by atoms with van der Waals surface area (Å²) in [6.45, 7) is 1.33. The van der Waals surface area contributed by atoms with Gasteiger partial charge in [-0.2, -0.15) is 0 Å². The lowest BCUT2D eigenvalue weighted by Gasteiger charge is -2.33. The minimum absolute atomic E-state index is 0.00451. The molecular formula is C27H30FN3O4S. The van der Waals surface area contributed by atoms with Gasteiger partial charge in [-0.25, -0.2) is 12.8 Å². The lowest BCUT2D eigenvalue weighted by molar-refractivity contribution is -0.139. The van der Waals surface area contributed by atoms with Gasteiger partial charge in [0.15, 0.2) is 0 Å². The van der Waals surface area contributed by atoms with Crippen LogP contribution in [-0.4, -0.2) is 51.0 Å². The summed E-state index contributed by atoms with van der Waals surface area (Å²) in [6, 6.07) is 20.8. The molecule has 0 bridgehead atoms. The van der Waals surface area contributed by atoms with Crippen molar-refractivity contribution in [2.75, 3.05) is 24.2 Å². The maximum atomic E-state index is 13.7. The lowest BCUT2D eigenvalue weighted by atomic mass is 10.0. The molecule has 1 N–H and O–H groups in total. The van der Waals surface area contributed by atoms with Crippen molar-refractivity contribution in [3.8, 4) is 0 Å². The second-order valence-corrected chi connectivity index (χ2v) is 10.5. The molecule has 0 aliphatic heterocycles. The summed E-state index contributed by atoms with van der Waals surface area (Å²) >= 11 is 0. The molecule has 1 unspecified atom stereocenters. The van der Waals surface area contributed by atoms with Crippen molar-refractivity contribution in [1.29, 1.82) is 0 Å². The maximum Gasteiger partial charge on any atom is 0.244 e. The third-order valence-corrected chi connectivity index (χ3v) is 6.89. The molecule has 1 atom stereocenters. The zero-order valence-corrected chi connectivity index (χ0v) is 21.3. The van der Waals surface area contributed by atoms with E-state index in [1.165, 1.54) is 36.2 Å². The standard InChI is InChI=1S/C27H30FN3O4S/c1-20-8-7-11-24(16-20)31(36(3,34)35)19-26(32)30(18-22-12-14-23(28)15-13-22)25(27(33)29-2)17-21-9-5-4-6-10-21/h4-16,25H,17-19H2,1-3H3,(H,29,33). The van der Waals surface area contributed by atoms with Gasteiger partial charge in [-0.3, -0.25) is 13.9 Å². The molecule has 36 heavy (non-hydrogen) atoms. The summed E-state index contributed by atoms with van der Waals surface area (Å²) in [5.74, 6) is -1.38. The zero-order chi connectivity index (χ0) is 26.3. The Balaban J connectivity index is 2.01. The lowest BCUT2D eigenvalue weighted by Crippen LogP contribution is -2.52. The molecule has 2 amide bonds. The summed E-state index contributed by atoms with van der Waals surface area (Å²) in [7, 11) is -2.33. The van der Waals surface area contributed by atoms with Gasteiger partial charge in [0, 0.05) is 20.0 Å². The molecule has 0 aromatic heterocycles.